The lowest BCUT2D eigenvalue weighted by Crippen LogP contribution is -2.40. The van der Waals surface area contributed by atoms with Crippen LogP contribution < -0.4 is 14.4 Å². The Kier molecular flexibility index (Phi) is 4.18. The first-order valence-electron chi connectivity index (χ1n) is 7.00. The van der Waals surface area contributed by atoms with Crippen LogP contribution in [-0.2, 0) is 4.79 Å². The lowest BCUT2D eigenvalue weighted by atomic mass is 10.3. The molecule has 2 heterocycles. The summed E-state index contributed by atoms with van der Waals surface area (Å²) >= 11 is 0. The van der Waals surface area contributed by atoms with E-state index >= 15 is 0 Å². The predicted molar refractivity (Wildman–Crippen MR) is 78.6 cm³/mol. The van der Waals surface area contributed by atoms with Crippen molar-refractivity contribution >= 4 is 11.7 Å². The molecule has 3 rings (SSSR count). The van der Waals surface area contributed by atoms with Crippen molar-refractivity contribution in [1.29, 1.82) is 0 Å². The second kappa shape index (κ2) is 6.43. The lowest BCUT2D eigenvalue weighted by Gasteiger charge is -2.27. The van der Waals surface area contributed by atoms with E-state index in [1.165, 1.54) is 12.1 Å². The number of pyridine rings is 1. The molecule has 0 N–H and O–H groups in total. The molecule has 0 atom stereocenters. The van der Waals surface area contributed by atoms with E-state index in [0.29, 0.717) is 36.9 Å². The van der Waals surface area contributed by atoms with E-state index in [2.05, 4.69) is 4.98 Å². The van der Waals surface area contributed by atoms with Gasteiger partial charge in [-0.3, -0.25) is 9.69 Å². The minimum absolute atomic E-state index is 0.0253. The summed E-state index contributed by atoms with van der Waals surface area (Å²) in [6.45, 7) is 0.948. The van der Waals surface area contributed by atoms with Gasteiger partial charge in [-0.25, -0.2) is 9.37 Å². The molecular formula is C16H15FN2O3. The number of ether oxygens (including phenoxy) is 2. The molecule has 0 unspecified atom stereocenters. The van der Waals surface area contributed by atoms with Gasteiger partial charge < -0.3 is 9.47 Å². The van der Waals surface area contributed by atoms with Gasteiger partial charge in [0.1, 0.15) is 11.6 Å². The van der Waals surface area contributed by atoms with E-state index in [1.807, 2.05) is 0 Å². The number of aromatic nitrogens is 1. The molecular weight excluding hydrogens is 287 g/mol. The fourth-order valence-corrected chi connectivity index (χ4v) is 2.21. The molecule has 1 aliphatic heterocycles. The highest BCUT2D eigenvalue weighted by molar-refractivity contribution is 5.96. The number of halogens is 1. The maximum atomic E-state index is 12.8. The summed E-state index contributed by atoms with van der Waals surface area (Å²) < 4.78 is 23.6. The summed E-state index contributed by atoms with van der Waals surface area (Å²) in [6, 6.07) is 9.40. The molecule has 0 aliphatic carbocycles. The van der Waals surface area contributed by atoms with E-state index in [0.717, 1.165) is 0 Å². The van der Waals surface area contributed by atoms with Crippen LogP contribution in [0.2, 0.25) is 0 Å². The maximum Gasteiger partial charge on any atom is 0.266 e. The molecule has 0 radical (unpaired) electrons. The third-order valence-corrected chi connectivity index (χ3v) is 3.27. The van der Waals surface area contributed by atoms with Crippen molar-refractivity contribution < 1.29 is 18.7 Å². The molecule has 2 aromatic rings. The highest BCUT2D eigenvalue weighted by atomic mass is 19.1. The summed E-state index contributed by atoms with van der Waals surface area (Å²) in [5, 5.41) is 0. The van der Waals surface area contributed by atoms with Crippen LogP contribution in [0, 0.1) is 5.82 Å². The zero-order valence-corrected chi connectivity index (χ0v) is 11.9. The molecule has 5 nitrogen and oxygen atoms in total. The fourth-order valence-electron chi connectivity index (χ4n) is 2.21. The second-order valence-corrected chi connectivity index (χ2v) is 4.82. The van der Waals surface area contributed by atoms with E-state index in [-0.39, 0.29) is 18.3 Å². The Bertz CT molecular complexity index is 661. The van der Waals surface area contributed by atoms with Crippen molar-refractivity contribution in [3.8, 4) is 11.5 Å². The zero-order valence-electron chi connectivity index (χ0n) is 11.9. The molecule has 0 fully saturated rings. The van der Waals surface area contributed by atoms with Gasteiger partial charge >= 0.3 is 0 Å². The van der Waals surface area contributed by atoms with Gasteiger partial charge in [0.05, 0.1) is 6.61 Å². The van der Waals surface area contributed by atoms with Crippen LogP contribution in [0.5, 0.6) is 11.5 Å². The number of amides is 1. The first kappa shape index (κ1) is 14.3. The van der Waals surface area contributed by atoms with Crippen LogP contribution in [-0.4, -0.2) is 30.6 Å². The number of nitrogens with zero attached hydrogens (tertiary/aromatic N) is 2. The molecule has 0 saturated carbocycles. The standard InChI is InChI=1S/C16H15FN2O3/c17-12-4-6-13(7-5-12)21-10-2-9-19-15(20)11-22-14-3-1-8-18-16(14)19/h1,3-8H,2,9-11H2. The minimum Gasteiger partial charge on any atom is -0.494 e. The van der Waals surface area contributed by atoms with E-state index in [4.69, 9.17) is 9.47 Å². The van der Waals surface area contributed by atoms with Gasteiger partial charge in [-0.1, -0.05) is 0 Å². The van der Waals surface area contributed by atoms with Gasteiger partial charge in [-0.2, -0.15) is 0 Å². The van der Waals surface area contributed by atoms with Crippen LogP contribution in [0.3, 0.4) is 0 Å². The summed E-state index contributed by atoms with van der Waals surface area (Å²) in [7, 11) is 0. The Hall–Kier alpha value is -2.63. The first-order valence-corrected chi connectivity index (χ1v) is 7.00. The molecule has 1 aliphatic rings. The van der Waals surface area contributed by atoms with Gasteiger partial charge in [-0.05, 0) is 42.8 Å². The Morgan fingerprint density at radius 1 is 1.27 bits per heavy atom. The number of hydrogen-bond donors (Lipinski definition) is 0. The number of benzene rings is 1. The summed E-state index contributed by atoms with van der Waals surface area (Å²) in [5.41, 5.74) is 0. The predicted octanol–water partition coefficient (Wildman–Crippen LogP) is 2.42. The van der Waals surface area contributed by atoms with Crippen LogP contribution in [0.1, 0.15) is 6.42 Å². The van der Waals surface area contributed by atoms with E-state index in [9.17, 15) is 9.18 Å². The molecule has 22 heavy (non-hydrogen) atoms. The third kappa shape index (κ3) is 3.16. The van der Waals surface area contributed by atoms with Crippen molar-refractivity contribution in [2.45, 2.75) is 6.42 Å². The molecule has 1 aromatic carbocycles. The van der Waals surface area contributed by atoms with Crippen molar-refractivity contribution in [3.05, 3.63) is 48.4 Å². The number of anilines is 1. The smallest absolute Gasteiger partial charge is 0.266 e. The van der Waals surface area contributed by atoms with Crippen molar-refractivity contribution in [3.63, 3.8) is 0 Å². The Balaban J connectivity index is 1.55. The molecule has 1 amide bonds. The monoisotopic (exact) mass is 302 g/mol. The molecule has 1 aromatic heterocycles. The molecule has 0 spiro atoms. The molecule has 6 heteroatoms. The number of rotatable bonds is 5. The summed E-state index contributed by atoms with van der Waals surface area (Å²) in [4.78, 5) is 17.7. The molecule has 0 saturated heterocycles. The minimum atomic E-state index is -0.297. The number of hydrogen-bond acceptors (Lipinski definition) is 4. The fraction of sp³-hybridized carbons (Fsp3) is 0.250. The highest BCUT2D eigenvalue weighted by Gasteiger charge is 2.25. The SMILES string of the molecule is O=C1COc2cccnc2N1CCCOc1ccc(F)cc1. The highest BCUT2D eigenvalue weighted by Crippen LogP contribution is 2.28. The Morgan fingerprint density at radius 2 is 2.09 bits per heavy atom. The van der Waals surface area contributed by atoms with Gasteiger partial charge in [0.2, 0.25) is 0 Å². The van der Waals surface area contributed by atoms with Gasteiger partial charge in [0, 0.05) is 12.7 Å². The van der Waals surface area contributed by atoms with Crippen LogP contribution in [0.4, 0.5) is 10.2 Å². The quantitative estimate of drug-likeness (QED) is 0.796. The zero-order chi connectivity index (χ0) is 15.4. The van der Waals surface area contributed by atoms with Gasteiger partial charge in [0.25, 0.3) is 5.91 Å². The van der Waals surface area contributed by atoms with Crippen molar-refractivity contribution in [2.75, 3.05) is 24.7 Å². The third-order valence-electron chi connectivity index (χ3n) is 3.27. The van der Waals surface area contributed by atoms with Crippen LogP contribution >= 0.6 is 0 Å². The van der Waals surface area contributed by atoms with Crippen LogP contribution in [0.15, 0.2) is 42.6 Å². The normalized spacial score (nSPS) is 13.5. The van der Waals surface area contributed by atoms with Gasteiger partial charge in [0.15, 0.2) is 18.2 Å². The first-order chi connectivity index (χ1) is 10.7. The maximum absolute atomic E-state index is 12.8. The number of carbonyl (C=O) groups excluding carboxylic acids is 1. The van der Waals surface area contributed by atoms with Crippen molar-refractivity contribution in [2.24, 2.45) is 0 Å². The average Bonchev–Trinajstić information content (AvgIpc) is 2.55. The summed E-state index contributed by atoms with van der Waals surface area (Å²) in [6.07, 6.45) is 2.27. The molecule has 0 bridgehead atoms. The summed E-state index contributed by atoms with van der Waals surface area (Å²) in [5.74, 6) is 1.34. The Morgan fingerprint density at radius 3 is 2.91 bits per heavy atom. The van der Waals surface area contributed by atoms with E-state index < -0.39 is 0 Å². The second-order valence-electron chi connectivity index (χ2n) is 4.82. The van der Waals surface area contributed by atoms with Gasteiger partial charge in [-0.15, -0.1) is 0 Å². The molecule has 114 valence electrons. The Labute approximate surface area is 127 Å². The lowest BCUT2D eigenvalue weighted by molar-refractivity contribution is -0.121. The average molecular weight is 302 g/mol. The van der Waals surface area contributed by atoms with E-state index in [1.54, 1.807) is 35.4 Å². The van der Waals surface area contributed by atoms with Crippen LogP contribution in [0.25, 0.3) is 0 Å². The number of fused-ring (bicyclic) bond motifs is 1. The largest absolute Gasteiger partial charge is 0.494 e. The number of carbonyl (C=O) groups is 1. The van der Waals surface area contributed by atoms with Crippen molar-refractivity contribution in [1.82, 2.24) is 4.98 Å². The topological polar surface area (TPSA) is 51.7 Å².